The third-order valence-corrected chi connectivity index (χ3v) is 3.64. The van der Waals surface area contributed by atoms with Crippen molar-refractivity contribution in [3.8, 4) is 0 Å². The molecule has 0 atom stereocenters. The number of fused-ring (bicyclic) bond motifs is 1. The molecule has 0 saturated carbocycles. The average molecular weight is 277 g/mol. The molecule has 0 aromatic carbocycles. The standard InChI is InChI=1S/C12H19N7O/c1-12(2,18-5-7-20-8-6-18)9-13-10-3-4-11-14-16-17-19(11)15-10/h3-4H,5-9H2,1-2H3,(H,13,15). The van der Waals surface area contributed by atoms with Crippen LogP contribution in [0.5, 0.6) is 0 Å². The van der Waals surface area contributed by atoms with E-state index in [0.29, 0.717) is 5.65 Å². The van der Waals surface area contributed by atoms with Crippen LogP contribution in [0.3, 0.4) is 0 Å². The molecule has 0 unspecified atom stereocenters. The molecule has 20 heavy (non-hydrogen) atoms. The van der Waals surface area contributed by atoms with Crippen molar-refractivity contribution in [2.24, 2.45) is 0 Å². The molecule has 1 saturated heterocycles. The molecule has 108 valence electrons. The lowest BCUT2D eigenvalue weighted by Gasteiger charge is -2.40. The Morgan fingerprint density at radius 2 is 2.10 bits per heavy atom. The number of ether oxygens (including phenoxy) is 1. The molecule has 2 aromatic rings. The van der Waals surface area contributed by atoms with Gasteiger partial charge in [0.05, 0.1) is 13.2 Å². The van der Waals surface area contributed by atoms with Crippen LogP contribution in [-0.2, 0) is 4.74 Å². The number of morpholine rings is 1. The Morgan fingerprint density at radius 1 is 1.30 bits per heavy atom. The summed E-state index contributed by atoms with van der Waals surface area (Å²) in [7, 11) is 0. The molecule has 1 N–H and O–H groups in total. The van der Waals surface area contributed by atoms with Gasteiger partial charge in [-0.3, -0.25) is 4.90 Å². The van der Waals surface area contributed by atoms with Crippen LogP contribution < -0.4 is 5.32 Å². The van der Waals surface area contributed by atoms with Gasteiger partial charge in [-0.25, -0.2) is 0 Å². The van der Waals surface area contributed by atoms with Gasteiger partial charge in [-0.15, -0.1) is 14.8 Å². The summed E-state index contributed by atoms with van der Waals surface area (Å²) in [6.45, 7) is 8.79. The van der Waals surface area contributed by atoms with Gasteiger partial charge in [0.1, 0.15) is 5.82 Å². The van der Waals surface area contributed by atoms with Crippen molar-refractivity contribution in [2.75, 3.05) is 38.2 Å². The van der Waals surface area contributed by atoms with E-state index in [9.17, 15) is 0 Å². The van der Waals surface area contributed by atoms with Crippen LogP contribution >= 0.6 is 0 Å². The Hall–Kier alpha value is -1.80. The smallest absolute Gasteiger partial charge is 0.200 e. The molecule has 0 radical (unpaired) electrons. The first-order valence-corrected chi connectivity index (χ1v) is 6.77. The van der Waals surface area contributed by atoms with Gasteiger partial charge in [-0.1, -0.05) is 0 Å². The molecule has 0 spiro atoms. The Balaban J connectivity index is 1.65. The summed E-state index contributed by atoms with van der Waals surface area (Å²) in [5.41, 5.74) is 0.684. The number of nitrogens with zero attached hydrogens (tertiary/aromatic N) is 6. The highest BCUT2D eigenvalue weighted by atomic mass is 16.5. The number of aromatic nitrogens is 5. The van der Waals surface area contributed by atoms with E-state index in [1.165, 1.54) is 4.63 Å². The summed E-state index contributed by atoms with van der Waals surface area (Å²) in [4.78, 5) is 2.43. The van der Waals surface area contributed by atoms with Crippen molar-refractivity contribution in [3.05, 3.63) is 12.1 Å². The van der Waals surface area contributed by atoms with Crippen molar-refractivity contribution in [1.29, 1.82) is 0 Å². The highest BCUT2D eigenvalue weighted by molar-refractivity contribution is 5.42. The Bertz CT molecular complexity index is 576. The Labute approximate surface area is 117 Å². The Kier molecular flexibility index (Phi) is 3.49. The molecule has 8 heteroatoms. The largest absolute Gasteiger partial charge is 0.379 e. The first kappa shape index (κ1) is 13.2. The van der Waals surface area contributed by atoms with E-state index in [1.807, 2.05) is 12.1 Å². The summed E-state index contributed by atoms with van der Waals surface area (Å²) < 4.78 is 6.82. The summed E-state index contributed by atoms with van der Waals surface area (Å²) in [6.07, 6.45) is 0. The zero-order valence-corrected chi connectivity index (χ0v) is 11.8. The van der Waals surface area contributed by atoms with Gasteiger partial charge in [-0.05, 0) is 36.4 Å². The highest BCUT2D eigenvalue weighted by Gasteiger charge is 2.28. The predicted molar refractivity (Wildman–Crippen MR) is 73.5 cm³/mol. The molecule has 1 fully saturated rings. The second kappa shape index (κ2) is 5.29. The van der Waals surface area contributed by atoms with Crippen LogP contribution in [0, 0.1) is 0 Å². The fourth-order valence-corrected chi connectivity index (χ4v) is 2.33. The van der Waals surface area contributed by atoms with Crippen LogP contribution in [0.4, 0.5) is 5.82 Å². The minimum Gasteiger partial charge on any atom is -0.379 e. The molecular formula is C12H19N7O. The van der Waals surface area contributed by atoms with Gasteiger partial charge in [-0.2, -0.15) is 0 Å². The van der Waals surface area contributed by atoms with E-state index in [4.69, 9.17) is 4.74 Å². The van der Waals surface area contributed by atoms with E-state index in [2.05, 4.69) is 44.7 Å². The van der Waals surface area contributed by atoms with E-state index in [-0.39, 0.29) is 5.54 Å². The van der Waals surface area contributed by atoms with Crippen LogP contribution in [0.15, 0.2) is 12.1 Å². The van der Waals surface area contributed by atoms with Crippen LogP contribution in [0.25, 0.3) is 5.65 Å². The summed E-state index contributed by atoms with van der Waals surface area (Å²) in [6, 6.07) is 3.73. The topological polar surface area (TPSA) is 80.5 Å². The lowest BCUT2D eigenvalue weighted by molar-refractivity contribution is -0.00571. The lowest BCUT2D eigenvalue weighted by Crippen LogP contribution is -2.53. The second-order valence-electron chi connectivity index (χ2n) is 5.51. The molecule has 3 heterocycles. The van der Waals surface area contributed by atoms with E-state index < -0.39 is 0 Å². The third kappa shape index (κ3) is 2.70. The number of nitrogens with one attached hydrogen (secondary N) is 1. The molecule has 2 aromatic heterocycles. The second-order valence-corrected chi connectivity index (χ2v) is 5.51. The first-order chi connectivity index (χ1) is 9.65. The van der Waals surface area contributed by atoms with Gasteiger partial charge in [0.15, 0.2) is 5.65 Å². The van der Waals surface area contributed by atoms with Crippen LogP contribution in [0.2, 0.25) is 0 Å². The monoisotopic (exact) mass is 277 g/mol. The van der Waals surface area contributed by atoms with E-state index in [0.717, 1.165) is 38.7 Å². The van der Waals surface area contributed by atoms with Gasteiger partial charge in [0, 0.05) is 25.2 Å². The van der Waals surface area contributed by atoms with Crippen molar-refractivity contribution in [2.45, 2.75) is 19.4 Å². The van der Waals surface area contributed by atoms with Gasteiger partial charge < -0.3 is 10.1 Å². The number of rotatable bonds is 4. The van der Waals surface area contributed by atoms with E-state index in [1.54, 1.807) is 0 Å². The quantitative estimate of drug-likeness (QED) is 0.845. The third-order valence-electron chi connectivity index (χ3n) is 3.64. The minimum absolute atomic E-state index is 0.0427. The first-order valence-electron chi connectivity index (χ1n) is 6.77. The molecule has 0 amide bonds. The Morgan fingerprint density at radius 3 is 2.90 bits per heavy atom. The van der Waals surface area contributed by atoms with Crippen LogP contribution in [-0.4, -0.2) is 68.5 Å². The highest BCUT2D eigenvalue weighted by Crippen LogP contribution is 2.17. The van der Waals surface area contributed by atoms with Crippen molar-refractivity contribution in [1.82, 2.24) is 30.2 Å². The van der Waals surface area contributed by atoms with E-state index >= 15 is 0 Å². The summed E-state index contributed by atoms with van der Waals surface area (Å²) >= 11 is 0. The number of hydrogen-bond donors (Lipinski definition) is 1. The van der Waals surface area contributed by atoms with Gasteiger partial charge >= 0.3 is 0 Å². The van der Waals surface area contributed by atoms with Crippen molar-refractivity contribution >= 4 is 11.5 Å². The maximum atomic E-state index is 5.40. The number of tetrazole rings is 1. The van der Waals surface area contributed by atoms with Gasteiger partial charge in [0.2, 0.25) is 0 Å². The fourth-order valence-electron chi connectivity index (χ4n) is 2.33. The SMILES string of the molecule is CC(C)(CNc1ccc2nnnn2n1)N1CCOCC1. The molecule has 1 aliphatic rings. The minimum atomic E-state index is 0.0427. The maximum Gasteiger partial charge on any atom is 0.200 e. The molecule has 8 nitrogen and oxygen atoms in total. The molecule has 3 rings (SSSR count). The lowest BCUT2D eigenvalue weighted by atomic mass is 10.0. The molecule has 1 aliphatic heterocycles. The van der Waals surface area contributed by atoms with Gasteiger partial charge in [0.25, 0.3) is 0 Å². The fraction of sp³-hybridized carbons (Fsp3) is 0.667. The summed E-state index contributed by atoms with van der Waals surface area (Å²) in [5, 5.41) is 18.9. The average Bonchev–Trinajstić information content (AvgIpc) is 2.94. The zero-order valence-electron chi connectivity index (χ0n) is 11.8. The number of hydrogen-bond acceptors (Lipinski definition) is 7. The van der Waals surface area contributed by atoms with Crippen molar-refractivity contribution in [3.63, 3.8) is 0 Å². The molecule has 0 aliphatic carbocycles. The molecular weight excluding hydrogens is 258 g/mol. The van der Waals surface area contributed by atoms with Crippen molar-refractivity contribution < 1.29 is 4.74 Å². The normalized spacial score (nSPS) is 17.5. The predicted octanol–water partition coefficient (Wildman–Crippen LogP) is 0.0420. The summed E-state index contributed by atoms with van der Waals surface area (Å²) in [5.74, 6) is 0.770. The zero-order chi connectivity index (χ0) is 14.0. The van der Waals surface area contributed by atoms with Crippen LogP contribution in [0.1, 0.15) is 13.8 Å². The maximum absolute atomic E-state index is 5.40. The number of anilines is 1. The molecule has 0 bridgehead atoms.